The Hall–Kier alpha value is -2.75. The van der Waals surface area contributed by atoms with Crippen LogP contribution >= 0.6 is 0 Å². The van der Waals surface area contributed by atoms with Gasteiger partial charge in [0.1, 0.15) is 11.5 Å². The van der Waals surface area contributed by atoms with Crippen LogP contribution in [0.25, 0.3) is 10.9 Å². The van der Waals surface area contributed by atoms with Gasteiger partial charge < -0.3 is 4.90 Å². The van der Waals surface area contributed by atoms with E-state index < -0.39 is 0 Å². The molecule has 0 saturated carbocycles. The molecule has 1 aromatic heterocycles. The SMILES string of the molecule is CN(Cc1ccccc1)C(=O)c1ccc2cc(F)ccc2n1. The van der Waals surface area contributed by atoms with Crippen molar-refractivity contribution in [1.82, 2.24) is 9.88 Å². The van der Waals surface area contributed by atoms with Gasteiger partial charge >= 0.3 is 0 Å². The molecule has 3 rings (SSSR count). The standard InChI is InChI=1S/C18H15FN2O/c1-21(12-13-5-3-2-4-6-13)18(22)17-9-7-14-11-15(19)8-10-16(14)20-17/h2-11H,12H2,1H3. The van der Waals surface area contributed by atoms with E-state index >= 15 is 0 Å². The lowest BCUT2D eigenvalue weighted by Crippen LogP contribution is -2.26. The van der Waals surface area contributed by atoms with Crippen LogP contribution in [0.4, 0.5) is 4.39 Å². The third kappa shape index (κ3) is 2.96. The summed E-state index contributed by atoms with van der Waals surface area (Å²) in [6, 6.07) is 17.4. The second-order valence-electron chi connectivity index (χ2n) is 5.18. The Morgan fingerprint density at radius 2 is 1.86 bits per heavy atom. The quantitative estimate of drug-likeness (QED) is 0.739. The molecule has 0 spiro atoms. The number of benzene rings is 2. The van der Waals surface area contributed by atoms with Gasteiger partial charge in [0.2, 0.25) is 0 Å². The maximum absolute atomic E-state index is 13.2. The summed E-state index contributed by atoms with van der Waals surface area (Å²) >= 11 is 0. The van der Waals surface area contributed by atoms with Crippen LogP contribution in [0.2, 0.25) is 0 Å². The normalized spacial score (nSPS) is 10.6. The number of fused-ring (bicyclic) bond motifs is 1. The van der Waals surface area contributed by atoms with E-state index in [0.717, 1.165) is 5.56 Å². The fraction of sp³-hybridized carbons (Fsp3) is 0.111. The van der Waals surface area contributed by atoms with Crippen molar-refractivity contribution in [3.8, 4) is 0 Å². The molecule has 0 aliphatic carbocycles. The van der Waals surface area contributed by atoms with E-state index in [2.05, 4.69) is 4.98 Å². The molecule has 4 heteroatoms. The van der Waals surface area contributed by atoms with Crippen molar-refractivity contribution < 1.29 is 9.18 Å². The summed E-state index contributed by atoms with van der Waals surface area (Å²) < 4.78 is 13.2. The Morgan fingerprint density at radius 1 is 1.09 bits per heavy atom. The van der Waals surface area contributed by atoms with E-state index in [0.29, 0.717) is 23.1 Å². The summed E-state index contributed by atoms with van der Waals surface area (Å²) in [6.07, 6.45) is 0. The second kappa shape index (κ2) is 5.93. The van der Waals surface area contributed by atoms with Gasteiger partial charge in [-0.15, -0.1) is 0 Å². The molecule has 0 aliphatic rings. The van der Waals surface area contributed by atoms with Gasteiger partial charge in [0.15, 0.2) is 0 Å². The summed E-state index contributed by atoms with van der Waals surface area (Å²) in [5, 5.41) is 0.683. The van der Waals surface area contributed by atoms with E-state index in [-0.39, 0.29) is 11.7 Å². The monoisotopic (exact) mass is 294 g/mol. The highest BCUT2D eigenvalue weighted by molar-refractivity contribution is 5.94. The van der Waals surface area contributed by atoms with Crippen molar-refractivity contribution in [2.75, 3.05) is 7.05 Å². The number of rotatable bonds is 3. The van der Waals surface area contributed by atoms with E-state index in [1.165, 1.54) is 12.1 Å². The van der Waals surface area contributed by atoms with Crippen LogP contribution < -0.4 is 0 Å². The first kappa shape index (κ1) is 14.2. The van der Waals surface area contributed by atoms with Crippen molar-refractivity contribution in [3.05, 3.63) is 77.7 Å². The van der Waals surface area contributed by atoms with Crippen LogP contribution in [0.1, 0.15) is 16.1 Å². The zero-order chi connectivity index (χ0) is 15.5. The van der Waals surface area contributed by atoms with Crippen molar-refractivity contribution in [2.24, 2.45) is 0 Å². The van der Waals surface area contributed by atoms with Crippen LogP contribution in [0, 0.1) is 5.82 Å². The molecule has 1 amide bonds. The van der Waals surface area contributed by atoms with Crippen molar-refractivity contribution in [3.63, 3.8) is 0 Å². The maximum Gasteiger partial charge on any atom is 0.272 e. The van der Waals surface area contributed by atoms with Crippen LogP contribution in [0.5, 0.6) is 0 Å². The molecule has 0 atom stereocenters. The summed E-state index contributed by atoms with van der Waals surface area (Å²) in [5.41, 5.74) is 2.03. The molecule has 1 heterocycles. The molecule has 0 aliphatic heterocycles. The van der Waals surface area contributed by atoms with Crippen molar-refractivity contribution in [2.45, 2.75) is 6.54 Å². The first-order chi connectivity index (χ1) is 10.6. The molecular weight excluding hydrogens is 279 g/mol. The van der Waals surface area contributed by atoms with Gasteiger partial charge in [0.25, 0.3) is 5.91 Å². The predicted octanol–water partition coefficient (Wildman–Crippen LogP) is 3.65. The topological polar surface area (TPSA) is 33.2 Å². The number of hydrogen-bond acceptors (Lipinski definition) is 2. The Kier molecular flexibility index (Phi) is 3.83. The molecule has 0 saturated heterocycles. The van der Waals surface area contributed by atoms with Crippen LogP contribution in [0.3, 0.4) is 0 Å². The first-order valence-corrected chi connectivity index (χ1v) is 6.99. The second-order valence-corrected chi connectivity index (χ2v) is 5.18. The van der Waals surface area contributed by atoms with E-state index in [1.807, 2.05) is 30.3 Å². The molecule has 110 valence electrons. The number of nitrogens with zero attached hydrogens (tertiary/aromatic N) is 2. The molecule has 0 unspecified atom stereocenters. The molecule has 3 nitrogen and oxygen atoms in total. The lowest BCUT2D eigenvalue weighted by atomic mass is 10.2. The van der Waals surface area contributed by atoms with Crippen LogP contribution in [-0.4, -0.2) is 22.8 Å². The smallest absolute Gasteiger partial charge is 0.272 e. The first-order valence-electron chi connectivity index (χ1n) is 6.99. The van der Waals surface area contributed by atoms with E-state index in [4.69, 9.17) is 0 Å². The largest absolute Gasteiger partial charge is 0.336 e. The van der Waals surface area contributed by atoms with Gasteiger partial charge in [-0.2, -0.15) is 0 Å². The number of halogens is 1. The summed E-state index contributed by atoms with van der Waals surface area (Å²) in [5.74, 6) is -0.468. The number of aromatic nitrogens is 1. The third-order valence-electron chi connectivity index (χ3n) is 3.48. The van der Waals surface area contributed by atoms with E-state index in [1.54, 1.807) is 30.1 Å². The van der Waals surface area contributed by atoms with Gasteiger partial charge in [-0.1, -0.05) is 36.4 Å². The fourth-order valence-electron chi connectivity index (χ4n) is 2.34. The number of carbonyl (C=O) groups excluding carboxylic acids is 1. The molecule has 0 N–H and O–H groups in total. The van der Waals surface area contributed by atoms with E-state index in [9.17, 15) is 9.18 Å². The molecular formula is C18H15FN2O. The highest BCUT2D eigenvalue weighted by Crippen LogP contribution is 2.15. The number of hydrogen-bond donors (Lipinski definition) is 0. The van der Waals surface area contributed by atoms with Gasteiger partial charge in [-0.3, -0.25) is 4.79 Å². The molecule has 0 bridgehead atoms. The minimum atomic E-state index is -0.311. The Morgan fingerprint density at radius 3 is 2.64 bits per heavy atom. The van der Waals surface area contributed by atoms with Gasteiger partial charge in [0, 0.05) is 19.0 Å². The van der Waals surface area contributed by atoms with Gasteiger partial charge in [-0.25, -0.2) is 9.37 Å². The predicted molar refractivity (Wildman–Crippen MR) is 83.9 cm³/mol. The maximum atomic E-state index is 13.2. The Balaban J connectivity index is 1.83. The van der Waals surface area contributed by atoms with Crippen LogP contribution in [-0.2, 0) is 6.54 Å². The fourth-order valence-corrected chi connectivity index (χ4v) is 2.34. The van der Waals surface area contributed by atoms with Crippen LogP contribution in [0.15, 0.2) is 60.7 Å². The molecule has 0 radical (unpaired) electrons. The number of amides is 1. The molecule has 2 aromatic carbocycles. The third-order valence-corrected chi connectivity index (χ3v) is 3.48. The lowest BCUT2D eigenvalue weighted by molar-refractivity contribution is 0.0779. The number of carbonyl (C=O) groups is 1. The minimum Gasteiger partial charge on any atom is -0.336 e. The summed E-state index contributed by atoms with van der Waals surface area (Å²) in [7, 11) is 1.74. The minimum absolute atomic E-state index is 0.157. The molecule has 22 heavy (non-hydrogen) atoms. The lowest BCUT2D eigenvalue weighted by Gasteiger charge is -2.17. The highest BCUT2D eigenvalue weighted by Gasteiger charge is 2.14. The Labute approximate surface area is 128 Å². The summed E-state index contributed by atoms with van der Waals surface area (Å²) in [4.78, 5) is 18.4. The number of pyridine rings is 1. The zero-order valence-electron chi connectivity index (χ0n) is 12.2. The summed E-state index contributed by atoms with van der Waals surface area (Å²) in [6.45, 7) is 0.517. The Bertz CT molecular complexity index is 818. The highest BCUT2D eigenvalue weighted by atomic mass is 19.1. The van der Waals surface area contributed by atoms with Crippen molar-refractivity contribution in [1.29, 1.82) is 0 Å². The average Bonchev–Trinajstić information content (AvgIpc) is 2.54. The zero-order valence-corrected chi connectivity index (χ0v) is 12.2. The molecule has 0 fully saturated rings. The van der Waals surface area contributed by atoms with Crippen molar-refractivity contribution >= 4 is 16.8 Å². The van der Waals surface area contributed by atoms with Gasteiger partial charge in [-0.05, 0) is 29.8 Å². The van der Waals surface area contributed by atoms with Gasteiger partial charge in [0.05, 0.1) is 5.52 Å². The average molecular weight is 294 g/mol. The molecule has 3 aromatic rings.